The van der Waals surface area contributed by atoms with Crippen LogP contribution in [0, 0.1) is 11.8 Å². The third-order valence-electron chi connectivity index (χ3n) is 16.3. The van der Waals surface area contributed by atoms with Crippen molar-refractivity contribution in [3.05, 3.63) is 181 Å². The molecule has 0 spiro atoms. The lowest BCUT2D eigenvalue weighted by Gasteiger charge is -2.30. The molecule has 416 valence electrons. The van der Waals surface area contributed by atoms with Crippen molar-refractivity contribution < 1.29 is 18.4 Å². The predicted molar refractivity (Wildman–Crippen MR) is 328 cm³/mol. The Morgan fingerprint density at radius 2 is 0.829 bits per heavy atom. The normalized spacial score (nSPS) is 15.8. The summed E-state index contributed by atoms with van der Waals surface area (Å²) in [6, 6.07) is 49.1. The fourth-order valence-corrected chi connectivity index (χ4v) is 11.4. The predicted octanol–water partition coefficient (Wildman–Crippen LogP) is 13.8. The van der Waals surface area contributed by atoms with Crippen LogP contribution in [0.1, 0.15) is 69.1 Å². The molecule has 0 bridgehead atoms. The molecule has 0 atom stereocenters. The third-order valence-corrected chi connectivity index (χ3v) is 16.3. The minimum Gasteiger partial charge on any atom is -0.456 e. The van der Waals surface area contributed by atoms with Crippen molar-refractivity contribution in [1.29, 1.82) is 0 Å². The number of rotatable bonds is 8. The van der Waals surface area contributed by atoms with Gasteiger partial charge in [0.15, 0.2) is 0 Å². The maximum atomic E-state index is 9.31. The number of nitrogens with two attached hydrogens (primary N) is 1. The second-order valence-corrected chi connectivity index (χ2v) is 22.4. The van der Waals surface area contributed by atoms with E-state index in [0.717, 1.165) is 156 Å². The minimum absolute atomic E-state index is 0.00215. The maximum absolute atomic E-state index is 9.31. The van der Waals surface area contributed by atoms with Gasteiger partial charge in [0, 0.05) is 68.1 Å². The van der Waals surface area contributed by atoms with Crippen molar-refractivity contribution in [2.75, 3.05) is 39.3 Å². The van der Waals surface area contributed by atoms with Crippen molar-refractivity contribution in [3.8, 4) is 34.0 Å². The van der Waals surface area contributed by atoms with E-state index in [4.69, 9.17) is 19.0 Å². The summed E-state index contributed by atoms with van der Waals surface area (Å²) < 4.78 is 18.1. The second kappa shape index (κ2) is 25.3. The van der Waals surface area contributed by atoms with E-state index in [1.54, 1.807) is 12.4 Å². The number of furan rings is 3. The van der Waals surface area contributed by atoms with Crippen LogP contribution in [-0.2, 0) is 19.7 Å². The molecule has 0 aliphatic carbocycles. The molecule has 0 radical (unpaired) electrons. The molecule has 14 nitrogen and oxygen atoms in total. The van der Waals surface area contributed by atoms with Gasteiger partial charge < -0.3 is 29.4 Å². The van der Waals surface area contributed by atoms with Gasteiger partial charge >= 0.3 is 0 Å². The zero-order chi connectivity index (χ0) is 55.8. The van der Waals surface area contributed by atoms with E-state index in [1.165, 1.54) is 63.0 Å². The van der Waals surface area contributed by atoms with E-state index in [2.05, 4.69) is 120 Å². The van der Waals surface area contributed by atoms with Crippen LogP contribution in [0.2, 0.25) is 0 Å². The summed E-state index contributed by atoms with van der Waals surface area (Å²) in [4.78, 5) is 5.02. The van der Waals surface area contributed by atoms with Gasteiger partial charge in [0.05, 0.1) is 41.7 Å². The number of benzene rings is 6. The number of nitrogens with zero attached hydrogens (tertiary/aromatic N) is 8. The van der Waals surface area contributed by atoms with Gasteiger partial charge in [-0.05, 0) is 179 Å². The summed E-state index contributed by atoms with van der Waals surface area (Å²) in [5, 5.41) is 44.1. The lowest BCUT2D eigenvalue weighted by atomic mass is 9.98. The van der Waals surface area contributed by atoms with Gasteiger partial charge in [0.2, 0.25) is 0 Å². The summed E-state index contributed by atoms with van der Waals surface area (Å²) in [7, 11) is 0. The van der Waals surface area contributed by atoms with Gasteiger partial charge in [-0.1, -0.05) is 86.6 Å². The number of hydrogen-bond acceptors (Lipinski definition) is 14. The molecule has 3 aliphatic rings. The lowest BCUT2D eigenvalue weighted by molar-refractivity contribution is 0.185. The molecule has 0 amide bonds. The lowest BCUT2D eigenvalue weighted by Crippen LogP contribution is -2.39. The van der Waals surface area contributed by atoms with E-state index < -0.39 is 0 Å². The Morgan fingerprint density at radius 1 is 0.463 bits per heavy atom. The Balaban J connectivity index is 0.000000115. The highest BCUT2D eigenvalue weighted by Gasteiger charge is 2.20. The first-order valence-corrected chi connectivity index (χ1v) is 29.0. The second-order valence-electron chi connectivity index (χ2n) is 22.4. The monoisotopic (exact) mass is 1090 g/mol. The van der Waals surface area contributed by atoms with E-state index in [9.17, 15) is 5.11 Å². The Hall–Kier alpha value is -8.24. The molecular weight excluding hydrogens is 1020 g/mol. The molecule has 3 fully saturated rings. The molecule has 6 aromatic heterocycles. The first kappa shape index (κ1) is 54.4. The molecule has 0 unspecified atom stereocenters. The Bertz CT molecular complexity index is 3820. The zero-order valence-electron chi connectivity index (χ0n) is 46.8. The first-order chi connectivity index (χ1) is 40.3. The van der Waals surface area contributed by atoms with Gasteiger partial charge in [-0.2, -0.15) is 30.6 Å². The summed E-state index contributed by atoms with van der Waals surface area (Å²) in [5.74, 6) is 4.26. The first-order valence-electron chi connectivity index (χ1n) is 29.0. The fourth-order valence-electron chi connectivity index (χ4n) is 11.4. The molecule has 9 heterocycles. The molecule has 0 saturated carbocycles. The number of nitrogens with one attached hydrogen (secondary N) is 1. The highest BCUT2D eigenvalue weighted by molar-refractivity contribution is 5.97. The van der Waals surface area contributed by atoms with Crippen LogP contribution in [0.25, 0.3) is 99.6 Å². The van der Waals surface area contributed by atoms with Gasteiger partial charge in [0.1, 0.15) is 34.0 Å². The minimum atomic E-state index is -0.00215. The quantitative estimate of drug-likeness (QED) is 0.131. The Kier molecular flexibility index (Phi) is 16.8. The molecule has 12 aromatic rings. The summed E-state index contributed by atoms with van der Waals surface area (Å²) in [5.41, 5.74) is 17.5. The molecule has 14 heteroatoms. The van der Waals surface area contributed by atoms with E-state index in [-0.39, 0.29) is 6.61 Å². The van der Waals surface area contributed by atoms with Gasteiger partial charge in [-0.25, -0.2) is 0 Å². The van der Waals surface area contributed by atoms with Crippen LogP contribution >= 0.6 is 0 Å². The van der Waals surface area contributed by atoms with E-state index in [0.29, 0.717) is 6.04 Å². The number of aromatic nitrogens is 6. The van der Waals surface area contributed by atoms with Crippen LogP contribution in [0.3, 0.4) is 0 Å². The van der Waals surface area contributed by atoms with Gasteiger partial charge in [-0.3, -0.25) is 9.80 Å². The average molecular weight is 1090 g/mol. The van der Waals surface area contributed by atoms with Crippen LogP contribution in [-0.4, -0.2) is 90.8 Å². The molecule has 3 saturated heterocycles. The number of hydrogen-bond donors (Lipinski definition) is 3. The van der Waals surface area contributed by atoms with E-state index in [1.807, 2.05) is 91.1 Å². The van der Waals surface area contributed by atoms with Crippen molar-refractivity contribution in [2.24, 2.45) is 17.6 Å². The molecular formula is C68H70N10O4. The molecule has 3 aliphatic heterocycles. The van der Waals surface area contributed by atoms with E-state index >= 15 is 0 Å². The van der Waals surface area contributed by atoms with Crippen molar-refractivity contribution in [3.63, 3.8) is 0 Å². The number of fused-ring (bicyclic) bond motifs is 6. The summed E-state index contributed by atoms with van der Waals surface area (Å²) in [6.07, 6.45) is 12.8. The highest BCUT2D eigenvalue weighted by Crippen LogP contribution is 2.36. The van der Waals surface area contributed by atoms with Crippen LogP contribution in [0.5, 0.6) is 0 Å². The fraction of sp³-hybridized carbons (Fsp3) is 0.294. The molecule has 4 N–H and O–H groups in total. The maximum Gasteiger partial charge on any atom is 0.137 e. The van der Waals surface area contributed by atoms with Gasteiger partial charge in [-0.15, -0.1) is 0 Å². The number of likely N-dealkylation sites (tertiary alicyclic amines) is 2. The standard InChI is InChI=1S/C23H23N3O.C22H22N4O.C17H12N2O2.C6H13N/c1-16-8-10-26(11-9-16)15-17-6-7-21-19(12-17)20(14-24-25-21)23-13-18-4-2-3-5-22(18)27-23;23-17-7-9-26(10-8-17)14-15-5-6-20-18(11-15)19(13-24-25-20)22-12-16-3-1-2-4-21(16)27-22;20-10-11-5-6-15-13(7-11)14(9-18-19-15)17-8-12-3-1-2-4-16(12)21-17;1-6-2-4-7-5-3-6/h2-7,12-14,16H,8-11,15H2,1H3;1-6,11-13,17H,7-10,14,23H2;1-9,20H,10H2;6-7H,2-5H2,1H3. The van der Waals surface area contributed by atoms with Crippen LogP contribution in [0.15, 0.2) is 177 Å². The topological polar surface area (TPSA) is 182 Å². The summed E-state index contributed by atoms with van der Waals surface area (Å²) in [6.45, 7) is 13.6. The average Bonchev–Trinajstić information content (AvgIpc) is 4.44. The van der Waals surface area contributed by atoms with Crippen molar-refractivity contribution in [1.82, 2.24) is 45.7 Å². The molecule has 6 aromatic carbocycles. The van der Waals surface area contributed by atoms with Crippen LogP contribution < -0.4 is 11.1 Å². The van der Waals surface area contributed by atoms with Crippen molar-refractivity contribution >= 4 is 65.6 Å². The number of aliphatic hydroxyl groups excluding tert-OH is 1. The smallest absolute Gasteiger partial charge is 0.137 e. The molecule has 15 rings (SSSR count). The van der Waals surface area contributed by atoms with Crippen LogP contribution in [0.4, 0.5) is 0 Å². The third kappa shape index (κ3) is 12.8. The number of aliphatic hydroxyl groups is 1. The molecule has 82 heavy (non-hydrogen) atoms. The summed E-state index contributed by atoms with van der Waals surface area (Å²) >= 11 is 0. The number of piperidine rings is 3. The van der Waals surface area contributed by atoms with Crippen molar-refractivity contribution in [2.45, 2.75) is 78.1 Å². The SMILES string of the molecule is CC1CCN(Cc2ccc3nncc(-c4cc5ccccc5o4)c3c2)CC1.CC1CCNCC1.NC1CCN(Cc2ccc3nncc(-c4cc5ccccc5o4)c3c2)CC1.OCc1ccc2nncc(-c3cc4ccccc4o3)c2c1. The largest absolute Gasteiger partial charge is 0.456 e. The highest BCUT2D eigenvalue weighted by atomic mass is 16.3. The Morgan fingerprint density at radius 3 is 1.21 bits per heavy atom. The zero-order valence-corrected chi connectivity index (χ0v) is 46.8. The van der Waals surface area contributed by atoms with Gasteiger partial charge in [0.25, 0.3) is 0 Å². The Labute approximate surface area is 477 Å². The number of para-hydroxylation sites is 3.